The lowest BCUT2D eigenvalue weighted by atomic mass is 9.79. The molecular weight excluding hydrogens is 354 g/mol. The highest BCUT2D eigenvalue weighted by atomic mass is 19.1. The Kier molecular flexibility index (Phi) is 5.56. The molecule has 0 N–H and O–H groups in total. The van der Waals surface area contributed by atoms with Gasteiger partial charge in [0.2, 0.25) is 0 Å². The van der Waals surface area contributed by atoms with Gasteiger partial charge >= 0.3 is 0 Å². The Bertz CT molecular complexity index is 936. The van der Waals surface area contributed by atoms with Crippen molar-refractivity contribution in [2.75, 3.05) is 11.4 Å². The fourth-order valence-electron chi connectivity index (χ4n) is 4.24. The summed E-state index contributed by atoms with van der Waals surface area (Å²) in [6, 6.07) is 11.3. The Morgan fingerprint density at radius 1 is 1.25 bits per heavy atom. The Labute approximate surface area is 166 Å². The fraction of sp³-hybridized carbons (Fsp3) is 0.375. The van der Waals surface area contributed by atoms with Gasteiger partial charge in [0.15, 0.2) is 0 Å². The van der Waals surface area contributed by atoms with E-state index in [1.807, 2.05) is 6.07 Å². The minimum atomic E-state index is -0.367. The molecule has 2 nitrogen and oxygen atoms in total. The van der Waals surface area contributed by atoms with Crippen LogP contribution in [0.25, 0.3) is 11.6 Å². The number of nitrogens with zero attached hydrogens (tertiary/aromatic N) is 2. The number of allylic oxidation sites excluding steroid dienone is 1. The van der Waals surface area contributed by atoms with Gasteiger partial charge in [-0.15, -0.1) is 0 Å². The molecule has 1 aliphatic heterocycles. The highest BCUT2D eigenvalue weighted by Gasteiger charge is 2.36. The van der Waals surface area contributed by atoms with E-state index in [1.165, 1.54) is 24.3 Å². The molecule has 0 bridgehead atoms. The molecule has 0 spiro atoms. The van der Waals surface area contributed by atoms with Gasteiger partial charge in [0.1, 0.15) is 11.6 Å². The topological polar surface area (TPSA) is 27.0 Å². The maximum atomic E-state index is 15.0. The molecule has 0 aromatic heterocycles. The zero-order valence-electron chi connectivity index (χ0n) is 16.9. The predicted octanol–water partition coefficient (Wildman–Crippen LogP) is 6.53. The van der Waals surface area contributed by atoms with Crippen molar-refractivity contribution in [3.8, 4) is 6.07 Å². The van der Waals surface area contributed by atoms with Crippen molar-refractivity contribution < 1.29 is 8.78 Å². The minimum absolute atomic E-state index is 0.0296. The van der Waals surface area contributed by atoms with Crippen molar-refractivity contribution in [1.82, 2.24) is 0 Å². The van der Waals surface area contributed by atoms with Crippen LogP contribution in [-0.2, 0) is 0 Å². The summed E-state index contributed by atoms with van der Waals surface area (Å²) < 4.78 is 28.2. The lowest BCUT2D eigenvalue weighted by molar-refractivity contribution is 0.375. The van der Waals surface area contributed by atoms with E-state index in [-0.39, 0.29) is 17.2 Å². The van der Waals surface area contributed by atoms with Gasteiger partial charge in [-0.05, 0) is 74.1 Å². The highest BCUT2D eigenvalue weighted by molar-refractivity contribution is 5.90. The third-order valence-electron chi connectivity index (χ3n) is 5.53. The number of benzene rings is 2. The highest BCUT2D eigenvalue weighted by Crippen LogP contribution is 2.44. The van der Waals surface area contributed by atoms with Gasteiger partial charge in [-0.3, -0.25) is 0 Å². The van der Waals surface area contributed by atoms with Crippen molar-refractivity contribution in [1.29, 1.82) is 5.26 Å². The average Bonchev–Trinajstić information content (AvgIpc) is 2.64. The van der Waals surface area contributed by atoms with Crippen LogP contribution in [0.2, 0.25) is 0 Å². The molecule has 3 rings (SSSR count). The second kappa shape index (κ2) is 7.75. The van der Waals surface area contributed by atoms with Gasteiger partial charge in [-0.2, -0.15) is 5.26 Å². The van der Waals surface area contributed by atoms with Gasteiger partial charge in [0.05, 0.1) is 11.6 Å². The van der Waals surface area contributed by atoms with Crippen LogP contribution < -0.4 is 4.90 Å². The molecule has 0 saturated heterocycles. The maximum Gasteiger partial charge on any atom is 0.132 e. The number of fused-ring (bicyclic) bond motifs is 1. The van der Waals surface area contributed by atoms with Gasteiger partial charge in [0, 0.05) is 23.3 Å². The summed E-state index contributed by atoms with van der Waals surface area (Å²) in [4.78, 5) is 2.30. The Morgan fingerprint density at radius 3 is 2.54 bits per heavy atom. The first kappa shape index (κ1) is 20.1. The van der Waals surface area contributed by atoms with Crippen LogP contribution in [0.15, 0.2) is 36.4 Å². The summed E-state index contributed by atoms with van der Waals surface area (Å²) >= 11 is 0. The van der Waals surface area contributed by atoms with Crippen molar-refractivity contribution in [2.45, 2.75) is 52.0 Å². The van der Waals surface area contributed by atoms with Crippen molar-refractivity contribution in [2.24, 2.45) is 0 Å². The van der Waals surface area contributed by atoms with E-state index < -0.39 is 0 Å². The molecule has 4 heteroatoms. The molecule has 1 aliphatic rings. The van der Waals surface area contributed by atoms with E-state index >= 15 is 4.39 Å². The van der Waals surface area contributed by atoms with Crippen LogP contribution in [0.4, 0.5) is 14.5 Å². The molecule has 0 fully saturated rings. The van der Waals surface area contributed by atoms with E-state index in [1.54, 1.807) is 12.1 Å². The van der Waals surface area contributed by atoms with Crippen LogP contribution in [-0.4, -0.2) is 12.1 Å². The lowest BCUT2D eigenvalue weighted by Crippen LogP contribution is -2.48. The largest absolute Gasteiger partial charge is 0.366 e. The molecule has 1 atom stereocenters. The van der Waals surface area contributed by atoms with Gasteiger partial charge in [-0.1, -0.05) is 26.0 Å². The molecule has 0 aliphatic carbocycles. The second-order valence-electron chi connectivity index (χ2n) is 8.18. The van der Waals surface area contributed by atoms with Gasteiger partial charge in [0.25, 0.3) is 0 Å². The van der Waals surface area contributed by atoms with Crippen LogP contribution in [0, 0.1) is 23.0 Å². The van der Waals surface area contributed by atoms with E-state index in [4.69, 9.17) is 0 Å². The van der Waals surface area contributed by atoms with Crippen LogP contribution in [0.1, 0.15) is 63.1 Å². The standard InChI is InChI=1S/C24H26F2N2/c1-5-10-28-23-13-22(26)18(12-21(23)16(2)14-24(28,3)4)11-19(15-27)17-6-8-20(25)9-7-17/h6-9,11-13,16H,5,10,14H2,1-4H3/b19-11+. The summed E-state index contributed by atoms with van der Waals surface area (Å²) in [7, 11) is 0. The van der Waals surface area contributed by atoms with E-state index in [9.17, 15) is 9.65 Å². The maximum absolute atomic E-state index is 15.0. The number of anilines is 1. The number of halogens is 2. The third kappa shape index (κ3) is 3.80. The van der Waals surface area contributed by atoms with Crippen molar-refractivity contribution >= 4 is 17.3 Å². The molecule has 2 aromatic carbocycles. The first-order valence-electron chi connectivity index (χ1n) is 9.75. The Hall–Kier alpha value is -2.67. The third-order valence-corrected chi connectivity index (χ3v) is 5.53. The quantitative estimate of drug-likeness (QED) is 0.445. The monoisotopic (exact) mass is 380 g/mol. The smallest absolute Gasteiger partial charge is 0.132 e. The second-order valence-corrected chi connectivity index (χ2v) is 8.18. The molecule has 146 valence electrons. The molecule has 0 saturated carbocycles. The van der Waals surface area contributed by atoms with Crippen molar-refractivity contribution in [3.05, 3.63) is 64.7 Å². The fourth-order valence-corrected chi connectivity index (χ4v) is 4.24. The molecule has 2 aromatic rings. The SMILES string of the molecule is CCCN1c2cc(F)c(/C=C(\C#N)c3ccc(F)cc3)cc2C(C)CC1(C)C. The van der Waals surface area contributed by atoms with Gasteiger partial charge < -0.3 is 4.90 Å². The zero-order valence-corrected chi connectivity index (χ0v) is 16.9. The lowest BCUT2D eigenvalue weighted by Gasteiger charge is -2.47. The molecule has 28 heavy (non-hydrogen) atoms. The summed E-state index contributed by atoms with van der Waals surface area (Å²) in [6.45, 7) is 9.58. The number of hydrogen-bond acceptors (Lipinski definition) is 2. The predicted molar refractivity (Wildman–Crippen MR) is 111 cm³/mol. The molecule has 1 unspecified atom stereocenters. The zero-order chi connectivity index (χ0) is 20.5. The number of hydrogen-bond donors (Lipinski definition) is 0. The first-order valence-corrected chi connectivity index (χ1v) is 9.75. The first-order chi connectivity index (χ1) is 13.3. The van der Waals surface area contributed by atoms with Crippen LogP contribution >= 0.6 is 0 Å². The van der Waals surface area contributed by atoms with E-state index in [0.717, 1.165) is 30.6 Å². The summed E-state index contributed by atoms with van der Waals surface area (Å²) in [5.74, 6) is -0.421. The normalized spacial score (nSPS) is 18.5. The number of nitriles is 1. The average molecular weight is 380 g/mol. The van der Waals surface area contributed by atoms with Gasteiger partial charge in [-0.25, -0.2) is 8.78 Å². The Balaban J connectivity index is 2.09. The molecule has 1 heterocycles. The summed E-state index contributed by atoms with van der Waals surface area (Å²) in [6.07, 6.45) is 3.53. The molecule has 0 radical (unpaired) electrons. The Morgan fingerprint density at radius 2 is 1.93 bits per heavy atom. The van der Waals surface area contributed by atoms with E-state index in [0.29, 0.717) is 22.6 Å². The minimum Gasteiger partial charge on any atom is -0.366 e. The molecular formula is C24H26F2N2. The molecule has 0 amide bonds. The van der Waals surface area contributed by atoms with Crippen LogP contribution in [0.3, 0.4) is 0 Å². The summed E-state index contributed by atoms with van der Waals surface area (Å²) in [5.41, 5.74) is 3.30. The number of rotatable bonds is 4. The van der Waals surface area contributed by atoms with E-state index in [2.05, 4.69) is 38.7 Å². The summed E-state index contributed by atoms with van der Waals surface area (Å²) in [5, 5.41) is 9.53. The van der Waals surface area contributed by atoms with Crippen LogP contribution in [0.5, 0.6) is 0 Å². The van der Waals surface area contributed by atoms with Crippen molar-refractivity contribution in [3.63, 3.8) is 0 Å².